The van der Waals surface area contributed by atoms with Crippen LogP contribution in [0.3, 0.4) is 0 Å². The SMILES string of the molecule is CN/C=C\C(=O)C(F)(F)C(F)(F)C(F)(F)F. The van der Waals surface area contributed by atoms with Gasteiger partial charge in [-0.15, -0.1) is 0 Å². The summed E-state index contributed by atoms with van der Waals surface area (Å²) in [6.45, 7) is 0. The van der Waals surface area contributed by atoms with Crippen LogP contribution in [-0.2, 0) is 4.79 Å². The number of carbonyl (C=O) groups is 1. The highest BCUT2D eigenvalue weighted by Crippen LogP contribution is 2.46. The smallest absolute Gasteiger partial charge is 0.394 e. The summed E-state index contributed by atoms with van der Waals surface area (Å²) < 4.78 is 84.3. The van der Waals surface area contributed by atoms with Crippen molar-refractivity contribution in [1.82, 2.24) is 5.32 Å². The van der Waals surface area contributed by atoms with Gasteiger partial charge in [0.15, 0.2) is 0 Å². The molecule has 0 aromatic carbocycles. The Kier molecular flexibility index (Phi) is 3.96. The molecule has 0 saturated heterocycles. The number of hydrogen-bond donors (Lipinski definition) is 1. The molecule has 0 aromatic heterocycles. The lowest BCUT2D eigenvalue weighted by Crippen LogP contribution is -2.55. The molecule has 0 atom stereocenters. The van der Waals surface area contributed by atoms with Crippen molar-refractivity contribution >= 4 is 5.78 Å². The summed E-state index contributed by atoms with van der Waals surface area (Å²) in [6.07, 6.45) is -6.08. The molecular formula is C7H6F7NO. The summed E-state index contributed by atoms with van der Waals surface area (Å²) in [4.78, 5) is 10.5. The normalized spacial score (nSPS) is 14.2. The van der Waals surface area contributed by atoms with E-state index >= 15 is 0 Å². The van der Waals surface area contributed by atoms with Crippen molar-refractivity contribution in [2.45, 2.75) is 18.0 Å². The van der Waals surface area contributed by atoms with Crippen LogP contribution < -0.4 is 5.32 Å². The highest BCUT2D eigenvalue weighted by Gasteiger charge is 2.75. The third-order valence-corrected chi connectivity index (χ3v) is 1.46. The summed E-state index contributed by atoms with van der Waals surface area (Å²) >= 11 is 0. The van der Waals surface area contributed by atoms with E-state index in [9.17, 15) is 35.5 Å². The topological polar surface area (TPSA) is 29.1 Å². The van der Waals surface area contributed by atoms with Crippen molar-refractivity contribution < 1.29 is 35.5 Å². The second-order valence-corrected chi connectivity index (χ2v) is 2.63. The Balaban J connectivity index is 5.20. The molecule has 0 bridgehead atoms. The number of carbonyl (C=O) groups excluding carboxylic acids is 1. The predicted molar refractivity (Wildman–Crippen MR) is 39.2 cm³/mol. The van der Waals surface area contributed by atoms with Gasteiger partial charge in [-0.2, -0.15) is 30.7 Å². The highest BCUT2D eigenvalue weighted by atomic mass is 19.4. The van der Waals surface area contributed by atoms with E-state index in [2.05, 4.69) is 0 Å². The lowest BCUT2D eigenvalue weighted by Gasteiger charge is -2.26. The molecule has 0 amide bonds. The highest BCUT2D eigenvalue weighted by molar-refractivity contribution is 5.96. The van der Waals surface area contributed by atoms with E-state index in [1.165, 1.54) is 0 Å². The average Bonchev–Trinajstić information content (AvgIpc) is 2.11. The molecule has 0 aliphatic carbocycles. The van der Waals surface area contributed by atoms with Crippen LogP contribution in [0.4, 0.5) is 30.7 Å². The van der Waals surface area contributed by atoms with E-state index in [0.717, 1.165) is 7.05 Å². The van der Waals surface area contributed by atoms with Crippen molar-refractivity contribution in [3.8, 4) is 0 Å². The molecule has 0 unspecified atom stereocenters. The van der Waals surface area contributed by atoms with Crippen LogP contribution in [-0.4, -0.2) is 30.9 Å². The molecule has 16 heavy (non-hydrogen) atoms. The Morgan fingerprint density at radius 1 is 1.06 bits per heavy atom. The Bertz CT molecular complexity index is 294. The van der Waals surface area contributed by atoms with Crippen LogP contribution in [0.2, 0.25) is 0 Å². The minimum absolute atomic E-state index is 0.0976. The molecule has 0 fully saturated rings. The summed E-state index contributed by atoms with van der Waals surface area (Å²) in [7, 11) is 1.14. The zero-order valence-corrected chi connectivity index (χ0v) is 7.71. The number of hydrogen-bond acceptors (Lipinski definition) is 2. The quantitative estimate of drug-likeness (QED) is 0.614. The molecule has 0 radical (unpaired) electrons. The maximum Gasteiger partial charge on any atom is 0.460 e. The first kappa shape index (κ1) is 14.7. The molecule has 0 rings (SSSR count). The fourth-order valence-corrected chi connectivity index (χ4v) is 0.596. The van der Waals surface area contributed by atoms with Crippen molar-refractivity contribution in [1.29, 1.82) is 0 Å². The van der Waals surface area contributed by atoms with Gasteiger partial charge in [0.05, 0.1) is 0 Å². The monoisotopic (exact) mass is 253 g/mol. The van der Waals surface area contributed by atoms with Gasteiger partial charge in [-0.1, -0.05) is 0 Å². The largest absolute Gasteiger partial charge is 0.460 e. The number of allylic oxidation sites excluding steroid dienone is 1. The minimum atomic E-state index is -6.50. The maximum absolute atomic E-state index is 12.5. The van der Waals surface area contributed by atoms with Crippen LogP contribution in [0.15, 0.2) is 12.3 Å². The number of nitrogens with one attached hydrogen (secondary N) is 1. The first-order valence-electron chi connectivity index (χ1n) is 3.69. The molecule has 9 heteroatoms. The fourth-order valence-electron chi connectivity index (χ4n) is 0.596. The number of halogens is 7. The maximum atomic E-state index is 12.5. The van der Waals surface area contributed by atoms with Gasteiger partial charge in [-0.05, 0) is 6.20 Å². The summed E-state index contributed by atoms with van der Waals surface area (Å²) in [5, 5.41) is 2.00. The molecule has 0 aliphatic rings. The predicted octanol–water partition coefficient (Wildman–Crippen LogP) is 2.12. The van der Waals surface area contributed by atoms with Gasteiger partial charge in [0.2, 0.25) is 5.78 Å². The molecule has 0 saturated carbocycles. The molecular weight excluding hydrogens is 247 g/mol. The van der Waals surface area contributed by atoms with E-state index in [-0.39, 0.29) is 6.08 Å². The van der Waals surface area contributed by atoms with E-state index in [0.29, 0.717) is 6.20 Å². The third-order valence-electron chi connectivity index (χ3n) is 1.46. The van der Waals surface area contributed by atoms with Crippen molar-refractivity contribution in [3.05, 3.63) is 12.3 Å². The minimum Gasteiger partial charge on any atom is -0.394 e. The van der Waals surface area contributed by atoms with Crippen molar-refractivity contribution in [2.75, 3.05) is 7.05 Å². The van der Waals surface area contributed by atoms with Gasteiger partial charge in [-0.25, -0.2) is 0 Å². The second kappa shape index (κ2) is 4.30. The lowest BCUT2D eigenvalue weighted by atomic mass is 10.1. The molecule has 1 N–H and O–H groups in total. The Morgan fingerprint density at radius 3 is 1.81 bits per heavy atom. The third kappa shape index (κ3) is 2.45. The first-order chi connectivity index (χ1) is 6.98. The molecule has 2 nitrogen and oxygen atoms in total. The molecule has 0 aliphatic heterocycles. The number of alkyl halides is 7. The van der Waals surface area contributed by atoms with Crippen LogP contribution >= 0.6 is 0 Å². The van der Waals surface area contributed by atoms with E-state index in [1.54, 1.807) is 0 Å². The standard InChI is InChI=1S/C7H6F7NO/c1-15-3-2-4(16)5(8,9)6(10,11)7(12,13)14/h2-3,15H,1H3/b3-2-. The van der Waals surface area contributed by atoms with Gasteiger partial charge in [0.25, 0.3) is 0 Å². The zero-order valence-electron chi connectivity index (χ0n) is 7.71. The summed E-state index contributed by atoms with van der Waals surface area (Å²) in [5.74, 6) is -14.9. The average molecular weight is 253 g/mol. The van der Waals surface area contributed by atoms with Gasteiger partial charge in [-0.3, -0.25) is 4.79 Å². The van der Waals surface area contributed by atoms with E-state index in [4.69, 9.17) is 0 Å². The number of ketones is 1. The summed E-state index contributed by atoms with van der Waals surface area (Å²) in [6, 6.07) is 0. The van der Waals surface area contributed by atoms with Gasteiger partial charge < -0.3 is 5.32 Å². The van der Waals surface area contributed by atoms with E-state index in [1.807, 2.05) is 5.32 Å². The van der Waals surface area contributed by atoms with Gasteiger partial charge in [0.1, 0.15) is 0 Å². The van der Waals surface area contributed by atoms with E-state index < -0.39 is 23.8 Å². The second-order valence-electron chi connectivity index (χ2n) is 2.63. The molecule has 0 spiro atoms. The fraction of sp³-hybridized carbons (Fsp3) is 0.571. The van der Waals surface area contributed by atoms with Crippen molar-refractivity contribution in [3.63, 3.8) is 0 Å². The van der Waals surface area contributed by atoms with Crippen LogP contribution in [0, 0.1) is 0 Å². The zero-order chi connectivity index (χ0) is 13.2. The van der Waals surface area contributed by atoms with Crippen molar-refractivity contribution in [2.24, 2.45) is 0 Å². The van der Waals surface area contributed by atoms with Gasteiger partial charge >= 0.3 is 18.0 Å². The molecule has 94 valence electrons. The number of rotatable bonds is 4. The lowest BCUT2D eigenvalue weighted by molar-refractivity contribution is -0.342. The first-order valence-corrected chi connectivity index (χ1v) is 3.69. The van der Waals surface area contributed by atoms with Gasteiger partial charge in [0, 0.05) is 13.1 Å². The molecule has 0 aromatic rings. The Morgan fingerprint density at radius 2 is 1.50 bits per heavy atom. The van der Waals surface area contributed by atoms with Crippen LogP contribution in [0.1, 0.15) is 0 Å². The summed E-state index contributed by atoms with van der Waals surface area (Å²) in [5.41, 5.74) is 0. The Hall–Kier alpha value is -1.28. The molecule has 0 heterocycles. The van der Waals surface area contributed by atoms with Crippen LogP contribution in [0.5, 0.6) is 0 Å². The Labute approximate surface area is 85.1 Å². The van der Waals surface area contributed by atoms with Crippen LogP contribution in [0.25, 0.3) is 0 Å².